The van der Waals surface area contributed by atoms with Crippen LogP contribution in [0.4, 0.5) is 5.82 Å². The molecule has 7 heteroatoms. The summed E-state index contributed by atoms with van der Waals surface area (Å²) in [4.78, 5) is 19.4. The normalized spacial score (nSPS) is 16.8. The van der Waals surface area contributed by atoms with Crippen molar-refractivity contribution in [1.82, 2.24) is 19.5 Å². The zero-order chi connectivity index (χ0) is 19.0. The molecule has 7 nitrogen and oxygen atoms in total. The van der Waals surface area contributed by atoms with Crippen LogP contribution in [0.2, 0.25) is 0 Å². The summed E-state index contributed by atoms with van der Waals surface area (Å²) in [5, 5.41) is 4.33. The quantitative estimate of drug-likeness (QED) is 0.768. The van der Waals surface area contributed by atoms with Crippen LogP contribution in [0.5, 0.6) is 5.75 Å². The lowest BCUT2D eigenvalue weighted by atomic mass is 10.0. The molecule has 1 atom stereocenters. The number of nitrogens with two attached hydrogens (primary N) is 1. The molecule has 0 unspecified atom stereocenters. The summed E-state index contributed by atoms with van der Waals surface area (Å²) in [5.41, 5.74) is 9.19. The Bertz CT molecular complexity index is 980. The van der Waals surface area contributed by atoms with E-state index in [2.05, 4.69) is 10.1 Å². The van der Waals surface area contributed by atoms with Gasteiger partial charge >= 0.3 is 0 Å². The summed E-state index contributed by atoms with van der Waals surface area (Å²) < 4.78 is 7.04. The molecule has 140 valence electrons. The lowest BCUT2D eigenvalue weighted by molar-refractivity contribution is 0.0736. The number of nitrogens with zero attached hydrogens (tertiary/aromatic N) is 4. The average Bonchev–Trinajstić information content (AvgIpc) is 3.29. The van der Waals surface area contributed by atoms with Gasteiger partial charge < -0.3 is 15.4 Å². The summed E-state index contributed by atoms with van der Waals surface area (Å²) in [6, 6.07) is 9.83. The van der Waals surface area contributed by atoms with Crippen LogP contribution in [0, 0.1) is 6.92 Å². The molecule has 2 aromatic heterocycles. The molecule has 2 N–H and O–H groups in total. The number of carbonyl (C=O) groups is 1. The first-order valence-corrected chi connectivity index (χ1v) is 9.23. The van der Waals surface area contributed by atoms with Crippen LogP contribution in [0.25, 0.3) is 5.65 Å². The van der Waals surface area contributed by atoms with E-state index < -0.39 is 0 Å². The number of hydrogen-bond acceptors (Lipinski definition) is 5. The third kappa shape index (κ3) is 3.09. The predicted octanol–water partition coefficient (Wildman–Crippen LogP) is 3.00. The van der Waals surface area contributed by atoms with E-state index in [1.165, 1.54) is 4.52 Å². The third-order valence-corrected chi connectivity index (χ3v) is 4.96. The molecule has 1 saturated heterocycles. The number of fused-ring (bicyclic) bond motifs is 1. The van der Waals surface area contributed by atoms with Crippen molar-refractivity contribution in [3.63, 3.8) is 0 Å². The van der Waals surface area contributed by atoms with E-state index in [0.29, 0.717) is 30.2 Å². The molecule has 1 aromatic carbocycles. The number of ether oxygens (including phenoxy) is 1. The molecule has 1 aliphatic heterocycles. The highest BCUT2D eigenvalue weighted by Crippen LogP contribution is 2.34. The average molecular weight is 365 g/mol. The van der Waals surface area contributed by atoms with Gasteiger partial charge in [-0.15, -0.1) is 0 Å². The molecular weight excluding hydrogens is 342 g/mol. The van der Waals surface area contributed by atoms with E-state index in [-0.39, 0.29) is 11.9 Å². The van der Waals surface area contributed by atoms with Gasteiger partial charge in [-0.25, -0.2) is 4.98 Å². The standard InChI is InChI=1S/C20H23N5O2/c1-3-27-15-8-6-14(7-9-15)17-5-4-10-24(17)20(26)16-12-22-18-11-13(2)23-25(18)19(16)21/h6-9,11-12,17H,3-5,10,21H2,1-2H3/t17-/m0/s1. The number of nitrogen functional groups attached to an aromatic ring is 1. The van der Waals surface area contributed by atoms with Gasteiger partial charge in [-0.05, 0) is 44.4 Å². The Hall–Kier alpha value is -3.09. The fraction of sp³-hybridized carbons (Fsp3) is 0.350. The summed E-state index contributed by atoms with van der Waals surface area (Å²) in [6.45, 7) is 5.17. The largest absolute Gasteiger partial charge is 0.494 e. The zero-order valence-corrected chi connectivity index (χ0v) is 15.6. The first-order valence-electron chi connectivity index (χ1n) is 9.23. The van der Waals surface area contributed by atoms with Crippen molar-refractivity contribution in [2.24, 2.45) is 0 Å². The highest BCUT2D eigenvalue weighted by molar-refractivity contribution is 5.98. The van der Waals surface area contributed by atoms with Crippen LogP contribution in [0.3, 0.4) is 0 Å². The number of likely N-dealkylation sites (tertiary alicyclic amines) is 1. The Kier molecular flexibility index (Phi) is 4.43. The van der Waals surface area contributed by atoms with Gasteiger partial charge in [0.05, 0.1) is 18.3 Å². The summed E-state index contributed by atoms with van der Waals surface area (Å²) in [6.07, 6.45) is 3.44. The van der Waals surface area contributed by atoms with Crippen LogP contribution in [-0.2, 0) is 0 Å². The van der Waals surface area contributed by atoms with Crippen molar-refractivity contribution in [2.75, 3.05) is 18.9 Å². The van der Waals surface area contributed by atoms with Crippen LogP contribution in [0.15, 0.2) is 36.5 Å². The predicted molar refractivity (Wildman–Crippen MR) is 103 cm³/mol. The summed E-state index contributed by atoms with van der Waals surface area (Å²) in [7, 11) is 0. The molecule has 0 radical (unpaired) electrons. The molecule has 1 amide bonds. The lowest BCUT2D eigenvalue weighted by Gasteiger charge is -2.25. The molecule has 3 aromatic rings. The third-order valence-electron chi connectivity index (χ3n) is 4.96. The minimum Gasteiger partial charge on any atom is -0.494 e. The van der Waals surface area contributed by atoms with Gasteiger partial charge in [0, 0.05) is 18.8 Å². The van der Waals surface area contributed by atoms with Crippen LogP contribution < -0.4 is 10.5 Å². The second kappa shape index (κ2) is 6.90. The van der Waals surface area contributed by atoms with Crippen molar-refractivity contribution >= 4 is 17.4 Å². The molecule has 27 heavy (non-hydrogen) atoms. The number of benzene rings is 1. The molecule has 0 saturated carbocycles. The molecule has 1 aliphatic rings. The first-order chi connectivity index (χ1) is 13.1. The van der Waals surface area contributed by atoms with E-state index in [4.69, 9.17) is 10.5 Å². The van der Waals surface area contributed by atoms with E-state index in [1.807, 2.05) is 49.1 Å². The fourth-order valence-electron chi connectivity index (χ4n) is 3.69. The Labute approximate surface area is 157 Å². The maximum absolute atomic E-state index is 13.2. The van der Waals surface area contributed by atoms with Gasteiger partial charge in [0.1, 0.15) is 17.1 Å². The monoisotopic (exact) mass is 365 g/mol. The van der Waals surface area contributed by atoms with Gasteiger partial charge in [-0.1, -0.05) is 12.1 Å². The highest BCUT2D eigenvalue weighted by atomic mass is 16.5. The maximum atomic E-state index is 13.2. The van der Waals surface area contributed by atoms with Crippen molar-refractivity contribution in [2.45, 2.75) is 32.7 Å². The van der Waals surface area contributed by atoms with Gasteiger partial charge in [-0.3, -0.25) is 4.79 Å². The second-order valence-corrected chi connectivity index (χ2v) is 6.77. The number of carbonyl (C=O) groups excluding carboxylic acids is 1. The smallest absolute Gasteiger partial charge is 0.259 e. The van der Waals surface area contributed by atoms with Crippen LogP contribution in [-0.4, -0.2) is 38.6 Å². The summed E-state index contributed by atoms with van der Waals surface area (Å²) >= 11 is 0. The topological polar surface area (TPSA) is 85.8 Å². The van der Waals surface area contributed by atoms with Crippen LogP contribution >= 0.6 is 0 Å². The maximum Gasteiger partial charge on any atom is 0.259 e. The lowest BCUT2D eigenvalue weighted by Crippen LogP contribution is -2.31. The Morgan fingerprint density at radius 3 is 2.85 bits per heavy atom. The molecule has 0 spiro atoms. The molecule has 3 heterocycles. The molecule has 0 bridgehead atoms. The SMILES string of the molecule is CCOc1ccc([C@@H]2CCCN2C(=O)c2cnc3cc(C)nn3c2N)cc1. The number of amides is 1. The number of aromatic nitrogens is 3. The summed E-state index contributed by atoms with van der Waals surface area (Å²) in [5.74, 6) is 1.06. The number of hydrogen-bond donors (Lipinski definition) is 1. The fourth-order valence-corrected chi connectivity index (χ4v) is 3.69. The van der Waals surface area contributed by atoms with E-state index in [9.17, 15) is 4.79 Å². The van der Waals surface area contributed by atoms with Crippen molar-refractivity contribution in [3.05, 3.63) is 53.3 Å². The Morgan fingerprint density at radius 2 is 2.11 bits per heavy atom. The highest BCUT2D eigenvalue weighted by Gasteiger charge is 2.32. The number of rotatable bonds is 4. The minimum absolute atomic E-state index is 0.0302. The van der Waals surface area contributed by atoms with Crippen molar-refractivity contribution < 1.29 is 9.53 Å². The molecule has 1 fully saturated rings. The van der Waals surface area contributed by atoms with Gasteiger partial charge in [0.25, 0.3) is 5.91 Å². The van der Waals surface area contributed by atoms with Gasteiger partial charge in [0.2, 0.25) is 0 Å². The van der Waals surface area contributed by atoms with Crippen molar-refractivity contribution in [3.8, 4) is 5.75 Å². The van der Waals surface area contributed by atoms with Crippen LogP contribution in [0.1, 0.15) is 47.4 Å². The Morgan fingerprint density at radius 1 is 1.33 bits per heavy atom. The van der Waals surface area contributed by atoms with E-state index in [1.54, 1.807) is 6.20 Å². The van der Waals surface area contributed by atoms with Crippen molar-refractivity contribution in [1.29, 1.82) is 0 Å². The van der Waals surface area contributed by atoms with E-state index in [0.717, 1.165) is 29.8 Å². The molecular formula is C20H23N5O2. The molecule has 0 aliphatic carbocycles. The van der Waals surface area contributed by atoms with Gasteiger partial charge in [0.15, 0.2) is 5.65 Å². The first kappa shape index (κ1) is 17.3. The minimum atomic E-state index is -0.105. The number of aryl methyl sites for hydroxylation is 1. The zero-order valence-electron chi connectivity index (χ0n) is 15.6. The second-order valence-electron chi connectivity index (χ2n) is 6.77. The van der Waals surface area contributed by atoms with Gasteiger partial charge in [-0.2, -0.15) is 9.61 Å². The number of anilines is 1. The molecule has 4 rings (SSSR count). The van der Waals surface area contributed by atoms with E-state index >= 15 is 0 Å². The Balaban J connectivity index is 1.63.